The Morgan fingerprint density at radius 2 is 1.74 bits per heavy atom. The summed E-state index contributed by atoms with van der Waals surface area (Å²) >= 11 is 0. The molecular weight excluding hydrogens is 499 g/mol. The first kappa shape index (κ1) is 24.3. The summed E-state index contributed by atoms with van der Waals surface area (Å²) in [5, 5.41) is 8.06. The average Bonchev–Trinajstić information content (AvgIpc) is 3.73. The maximum absolute atomic E-state index is 15.0. The second kappa shape index (κ2) is 9.47. The maximum atomic E-state index is 15.0. The molecule has 4 fully saturated rings. The van der Waals surface area contributed by atoms with Gasteiger partial charge in [0.25, 0.3) is 11.5 Å². The number of piperazine rings is 1. The summed E-state index contributed by atoms with van der Waals surface area (Å²) in [5.74, 6) is 0.171. The number of hydrogen-bond donors (Lipinski definition) is 1. The number of benzene rings is 2. The van der Waals surface area contributed by atoms with Crippen LogP contribution in [0.15, 0.2) is 41.2 Å². The van der Waals surface area contributed by atoms with Gasteiger partial charge >= 0.3 is 0 Å². The normalized spacial score (nSPS) is 22.7. The standard InChI is InChI=1S/C30H31FN4O4/c31-26-11-4-17(13-27-24-14-22(39-21-2-1-3-21)9-10-23(24)28(36)33-32-27)12-25(26)30(38)35-19-7-8-20(35)16-34(15-19)29(37)18-5-6-18/h4,9-12,14,18-21H,1-3,5-8,13,15-16H2,(H,33,36). The third-order valence-corrected chi connectivity index (χ3v) is 8.78. The highest BCUT2D eigenvalue weighted by molar-refractivity contribution is 5.96. The zero-order valence-corrected chi connectivity index (χ0v) is 21.7. The number of H-pyrrole nitrogens is 1. The molecule has 39 heavy (non-hydrogen) atoms. The molecule has 2 unspecified atom stereocenters. The van der Waals surface area contributed by atoms with Crippen molar-refractivity contribution in [1.82, 2.24) is 20.0 Å². The number of likely N-dealkylation sites (tertiary alicyclic amines) is 1. The van der Waals surface area contributed by atoms with Crippen molar-refractivity contribution in [3.05, 3.63) is 69.4 Å². The number of carbonyl (C=O) groups excluding carboxylic acids is 2. The van der Waals surface area contributed by atoms with Crippen molar-refractivity contribution in [3.63, 3.8) is 0 Å². The predicted octanol–water partition coefficient (Wildman–Crippen LogP) is 3.81. The minimum Gasteiger partial charge on any atom is -0.490 e. The molecule has 3 heterocycles. The molecule has 2 saturated carbocycles. The van der Waals surface area contributed by atoms with Crippen molar-refractivity contribution < 1.29 is 18.7 Å². The Kier molecular flexibility index (Phi) is 5.90. The molecule has 2 amide bonds. The van der Waals surface area contributed by atoms with Gasteiger partial charge in [-0.15, -0.1) is 0 Å². The number of aromatic amines is 1. The second-order valence-electron chi connectivity index (χ2n) is 11.5. The van der Waals surface area contributed by atoms with Crippen LogP contribution in [0.25, 0.3) is 10.8 Å². The van der Waals surface area contributed by atoms with E-state index in [9.17, 15) is 14.4 Å². The molecule has 2 atom stereocenters. The summed E-state index contributed by atoms with van der Waals surface area (Å²) in [6, 6.07) is 9.82. The lowest BCUT2D eigenvalue weighted by molar-refractivity contribution is -0.135. The van der Waals surface area contributed by atoms with Crippen LogP contribution in [-0.4, -0.2) is 63.1 Å². The highest BCUT2D eigenvalue weighted by Gasteiger charge is 2.46. The minimum absolute atomic E-state index is 0.0362. The van der Waals surface area contributed by atoms with Crippen LogP contribution in [0.3, 0.4) is 0 Å². The molecule has 8 nitrogen and oxygen atoms in total. The van der Waals surface area contributed by atoms with Crippen molar-refractivity contribution in [2.24, 2.45) is 5.92 Å². The fourth-order valence-corrected chi connectivity index (χ4v) is 6.27. The topological polar surface area (TPSA) is 95.6 Å². The predicted molar refractivity (Wildman–Crippen MR) is 142 cm³/mol. The Morgan fingerprint density at radius 1 is 0.974 bits per heavy atom. The van der Waals surface area contributed by atoms with E-state index in [1.807, 2.05) is 11.0 Å². The van der Waals surface area contributed by atoms with Crippen molar-refractivity contribution >= 4 is 22.6 Å². The Labute approximate surface area is 225 Å². The molecule has 1 N–H and O–H groups in total. The largest absolute Gasteiger partial charge is 0.490 e. The van der Waals surface area contributed by atoms with Gasteiger partial charge in [0, 0.05) is 30.8 Å². The molecule has 202 valence electrons. The molecule has 2 bridgehead atoms. The van der Waals surface area contributed by atoms with E-state index in [0.29, 0.717) is 41.7 Å². The number of carbonyl (C=O) groups is 2. The molecule has 9 heteroatoms. The third kappa shape index (κ3) is 4.47. The first-order valence-corrected chi connectivity index (χ1v) is 14.0. The Morgan fingerprint density at radius 3 is 2.44 bits per heavy atom. The second-order valence-corrected chi connectivity index (χ2v) is 11.5. The van der Waals surface area contributed by atoms with E-state index in [-0.39, 0.29) is 47.0 Å². The van der Waals surface area contributed by atoms with Gasteiger partial charge in [0.05, 0.1) is 34.8 Å². The van der Waals surface area contributed by atoms with Crippen LogP contribution < -0.4 is 10.3 Å². The van der Waals surface area contributed by atoms with Crippen molar-refractivity contribution in [3.8, 4) is 5.75 Å². The zero-order valence-electron chi connectivity index (χ0n) is 21.7. The number of ether oxygens (including phenoxy) is 1. The quantitative estimate of drug-likeness (QED) is 0.523. The summed E-state index contributed by atoms with van der Waals surface area (Å²) in [4.78, 5) is 42.4. The van der Waals surface area contributed by atoms with Gasteiger partial charge in [-0.3, -0.25) is 14.4 Å². The molecule has 4 aliphatic rings. The van der Waals surface area contributed by atoms with Crippen molar-refractivity contribution in [2.75, 3.05) is 13.1 Å². The summed E-state index contributed by atoms with van der Waals surface area (Å²) in [5.41, 5.74) is 1.10. The van der Waals surface area contributed by atoms with Crippen molar-refractivity contribution in [2.45, 2.75) is 69.6 Å². The number of halogens is 1. The first-order chi connectivity index (χ1) is 18.9. The molecule has 0 radical (unpaired) electrons. The Balaban J connectivity index is 1.14. The van der Waals surface area contributed by atoms with Gasteiger partial charge in [0.1, 0.15) is 11.6 Å². The average molecular weight is 531 g/mol. The maximum Gasteiger partial charge on any atom is 0.272 e. The highest BCUT2D eigenvalue weighted by Crippen LogP contribution is 2.37. The number of fused-ring (bicyclic) bond motifs is 3. The smallest absolute Gasteiger partial charge is 0.272 e. The SMILES string of the molecule is O=C(C1CC1)N1CC2CCC(C1)N2C(=O)c1cc(Cc2n[nH]c(=O)c3ccc(OC4CCC4)cc23)ccc1F. The molecule has 0 spiro atoms. The fraction of sp³-hybridized carbons (Fsp3) is 0.467. The van der Waals surface area contributed by atoms with Crippen LogP contribution in [0.4, 0.5) is 4.39 Å². The summed E-state index contributed by atoms with van der Waals surface area (Å²) in [7, 11) is 0. The Bertz CT molecular complexity index is 1520. The van der Waals surface area contributed by atoms with Gasteiger partial charge in [-0.2, -0.15) is 5.10 Å². The molecule has 2 aliphatic carbocycles. The molecule has 2 aromatic carbocycles. The van der Waals surface area contributed by atoms with Gasteiger partial charge in [-0.25, -0.2) is 9.49 Å². The number of nitrogens with one attached hydrogen (secondary N) is 1. The highest BCUT2D eigenvalue weighted by atomic mass is 19.1. The van der Waals surface area contributed by atoms with Crippen LogP contribution in [0.1, 0.15) is 66.6 Å². The fourth-order valence-electron chi connectivity index (χ4n) is 6.27. The number of nitrogens with zero attached hydrogens (tertiary/aromatic N) is 3. The third-order valence-electron chi connectivity index (χ3n) is 8.78. The van der Waals surface area contributed by atoms with E-state index >= 15 is 4.39 Å². The molecule has 7 rings (SSSR count). The van der Waals surface area contributed by atoms with Crippen LogP contribution in [0, 0.1) is 11.7 Å². The van der Waals surface area contributed by atoms with Crippen LogP contribution in [-0.2, 0) is 11.2 Å². The van der Waals surface area contributed by atoms with E-state index in [1.165, 1.54) is 6.07 Å². The van der Waals surface area contributed by atoms with E-state index in [1.54, 1.807) is 29.2 Å². The molecule has 1 aromatic heterocycles. The van der Waals surface area contributed by atoms with Gasteiger partial charge in [0.15, 0.2) is 0 Å². The van der Waals surface area contributed by atoms with Gasteiger partial charge in [-0.05, 0) is 80.8 Å². The monoisotopic (exact) mass is 530 g/mol. The first-order valence-electron chi connectivity index (χ1n) is 14.0. The molecule has 2 aliphatic heterocycles. The number of hydrogen-bond acceptors (Lipinski definition) is 5. The lowest BCUT2D eigenvalue weighted by atomic mass is 9.96. The lowest BCUT2D eigenvalue weighted by Crippen LogP contribution is -2.57. The van der Waals surface area contributed by atoms with E-state index < -0.39 is 5.82 Å². The zero-order chi connectivity index (χ0) is 26.7. The number of aromatic nitrogens is 2. The van der Waals surface area contributed by atoms with Gasteiger partial charge < -0.3 is 14.5 Å². The summed E-state index contributed by atoms with van der Waals surface area (Å²) < 4.78 is 21.1. The van der Waals surface area contributed by atoms with E-state index in [4.69, 9.17) is 4.74 Å². The Hall–Kier alpha value is -3.75. The molecular formula is C30H31FN4O4. The van der Waals surface area contributed by atoms with Crippen LogP contribution in [0.5, 0.6) is 5.75 Å². The van der Waals surface area contributed by atoms with Gasteiger partial charge in [0.2, 0.25) is 5.91 Å². The molecule has 2 saturated heterocycles. The number of rotatable bonds is 6. The van der Waals surface area contributed by atoms with E-state index in [0.717, 1.165) is 50.5 Å². The lowest BCUT2D eigenvalue weighted by Gasteiger charge is -2.41. The van der Waals surface area contributed by atoms with Crippen LogP contribution in [0.2, 0.25) is 0 Å². The van der Waals surface area contributed by atoms with Crippen LogP contribution >= 0.6 is 0 Å². The van der Waals surface area contributed by atoms with Crippen molar-refractivity contribution in [1.29, 1.82) is 0 Å². The van der Waals surface area contributed by atoms with E-state index in [2.05, 4.69) is 10.2 Å². The summed E-state index contributed by atoms with van der Waals surface area (Å²) in [6.07, 6.45) is 7.30. The summed E-state index contributed by atoms with van der Waals surface area (Å²) in [6.45, 7) is 1.05. The number of amides is 2. The van der Waals surface area contributed by atoms with Gasteiger partial charge in [-0.1, -0.05) is 6.07 Å². The minimum atomic E-state index is -0.560. The molecule has 3 aromatic rings.